The molecule has 1 aliphatic heterocycles. The lowest BCUT2D eigenvalue weighted by Crippen LogP contribution is -2.49. The van der Waals surface area contributed by atoms with E-state index in [1.54, 1.807) is 0 Å². The summed E-state index contributed by atoms with van der Waals surface area (Å²) in [6.07, 6.45) is 0. The number of nitrogens with zero attached hydrogens (tertiary/aromatic N) is 3. The number of benzene rings is 5. The van der Waals surface area contributed by atoms with Gasteiger partial charge in [-0.05, 0) is 34.1 Å². The molecular weight excluding hydrogens is 506 g/mol. The summed E-state index contributed by atoms with van der Waals surface area (Å²) in [6.45, 7) is 4.86. The normalized spacial score (nSPS) is 13.4. The van der Waals surface area contributed by atoms with Crippen molar-refractivity contribution in [2.75, 3.05) is 0 Å². The minimum absolute atomic E-state index is 0.643. The van der Waals surface area contributed by atoms with Crippen LogP contribution in [0.15, 0.2) is 120 Å². The first-order valence-electron chi connectivity index (χ1n) is 13.5. The molecule has 0 spiro atoms. The van der Waals surface area contributed by atoms with Crippen molar-refractivity contribution in [1.82, 2.24) is 15.0 Å². The number of hydrogen-bond donors (Lipinski definition) is 0. The van der Waals surface area contributed by atoms with Gasteiger partial charge in [-0.1, -0.05) is 110 Å². The average Bonchev–Trinajstić information content (AvgIpc) is 3.50. The van der Waals surface area contributed by atoms with Gasteiger partial charge in [0.15, 0.2) is 17.5 Å². The van der Waals surface area contributed by atoms with Crippen LogP contribution >= 0.6 is 0 Å². The molecule has 8 rings (SSSR count). The predicted octanol–water partition coefficient (Wildman–Crippen LogP) is 7.58. The molecule has 0 bridgehead atoms. The van der Waals surface area contributed by atoms with Gasteiger partial charge >= 0.3 is 0 Å². The Morgan fingerprint density at radius 3 is 1.80 bits per heavy atom. The summed E-state index contributed by atoms with van der Waals surface area (Å²) < 4.78 is 6.59. The first-order valence-corrected chi connectivity index (χ1v) is 16.5. The molecule has 0 unspecified atom stereocenters. The highest BCUT2D eigenvalue weighted by atomic mass is 28.3. The van der Waals surface area contributed by atoms with Crippen molar-refractivity contribution < 1.29 is 4.42 Å². The Morgan fingerprint density at radius 1 is 0.525 bits per heavy atom. The third-order valence-electron chi connectivity index (χ3n) is 8.14. The molecule has 1 aliphatic rings. The largest absolute Gasteiger partial charge is 0.455 e. The Labute approximate surface area is 233 Å². The second kappa shape index (κ2) is 8.56. The molecule has 2 aromatic heterocycles. The number of fused-ring (bicyclic) bond motifs is 7. The van der Waals surface area contributed by atoms with E-state index < -0.39 is 8.07 Å². The van der Waals surface area contributed by atoms with Crippen molar-refractivity contribution in [3.8, 4) is 45.3 Å². The third-order valence-corrected chi connectivity index (χ3v) is 11.7. The Morgan fingerprint density at radius 2 is 1.12 bits per heavy atom. The van der Waals surface area contributed by atoms with Crippen LogP contribution in [0.1, 0.15) is 0 Å². The first kappa shape index (κ1) is 23.1. The predicted molar refractivity (Wildman–Crippen MR) is 166 cm³/mol. The topological polar surface area (TPSA) is 51.8 Å². The molecule has 0 N–H and O–H groups in total. The van der Waals surface area contributed by atoms with Gasteiger partial charge in [0.25, 0.3) is 0 Å². The van der Waals surface area contributed by atoms with E-state index in [2.05, 4.69) is 67.7 Å². The van der Waals surface area contributed by atoms with E-state index in [-0.39, 0.29) is 0 Å². The molecule has 40 heavy (non-hydrogen) atoms. The second-order valence-electron chi connectivity index (χ2n) is 10.9. The maximum atomic E-state index is 6.59. The molecule has 3 heterocycles. The molecule has 0 radical (unpaired) electrons. The van der Waals surface area contributed by atoms with Crippen LogP contribution in [0.5, 0.6) is 0 Å². The van der Waals surface area contributed by atoms with Crippen LogP contribution in [-0.2, 0) is 0 Å². The highest BCUT2D eigenvalue weighted by Gasteiger charge is 2.39. The quantitative estimate of drug-likeness (QED) is 0.221. The molecule has 0 fully saturated rings. The number of rotatable bonds is 3. The van der Waals surface area contributed by atoms with E-state index >= 15 is 0 Å². The lowest BCUT2D eigenvalue weighted by atomic mass is 10.0. The van der Waals surface area contributed by atoms with Gasteiger partial charge < -0.3 is 4.42 Å². The van der Waals surface area contributed by atoms with Crippen LogP contribution in [0.25, 0.3) is 67.2 Å². The molecule has 190 valence electrons. The smallest absolute Gasteiger partial charge is 0.164 e. The molecule has 0 atom stereocenters. The number of hydrogen-bond acceptors (Lipinski definition) is 4. The van der Waals surface area contributed by atoms with Gasteiger partial charge in [-0.25, -0.2) is 15.0 Å². The molecule has 0 aliphatic carbocycles. The monoisotopic (exact) mass is 531 g/mol. The average molecular weight is 532 g/mol. The molecule has 7 aromatic rings. The van der Waals surface area contributed by atoms with Crippen molar-refractivity contribution in [3.05, 3.63) is 115 Å². The summed E-state index contributed by atoms with van der Waals surface area (Å²) in [4.78, 5) is 14.7. The van der Waals surface area contributed by atoms with Crippen LogP contribution in [-0.4, -0.2) is 23.0 Å². The van der Waals surface area contributed by atoms with Crippen LogP contribution < -0.4 is 10.4 Å². The fourth-order valence-electron chi connectivity index (χ4n) is 6.10. The zero-order valence-corrected chi connectivity index (χ0v) is 23.2. The van der Waals surface area contributed by atoms with Gasteiger partial charge in [-0.2, -0.15) is 0 Å². The fourth-order valence-corrected chi connectivity index (χ4v) is 9.15. The summed E-state index contributed by atoms with van der Waals surface area (Å²) >= 11 is 0. The van der Waals surface area contributed by atoms with Crippen LogP contribution in [0.2, 0.25) is 13.1 Å². The summed E-state index contributed by atoms with van der Waals surface area (Å²) in [5.41, 5.74) is 7.27. The number of aromatic nitrogens is 3. The molecule has 0 saturated heterocycles. The maximum absolute atomic E-state index is 6.59. The van der Waals surface area contributed by atoms with Crippen molar-refractivity contribution in [3.63, 3.8) is 0 Å². The van der Waals surface area contributed by atoms with Crippen molar-refractivity contribution in [1.29, 1.82) is 0 Å². The number of furan rings is 1. The van der Waals surface area contributed by atoms with Gasteiger partial charge in [0.05, 0.1) is 0 Å². The van der Waals surface area contributed by atoms with Gasteiger partial charge in [0.1, 0.15) is 19.2 Å². The molecule has 4 nitrogen and oxygen atoms in total. The summed E-state index contributed by atoms with van der Waals surface area (Å²) in [5.74, 6) is 1.95. The Hall–Kier alpha value is -4.87. The van der Waals surface area contributed by atoms with Crippen molar-refractivity contribution in [2.24, 2.45) is 0 Å². The minimum atomic E-state index is -1.78. The highest BCUT2D eigenvalue weighted by molar-refractivity contribution is 7.04. The van der Waals surface area contributed by atoms with E-state index in [9.17, 15) is 0 Å². The summed E-state index contributed by atoms with van der Waals surface area (Å²) in [5, 5.41) is 5.11. The van der Waals surface area contributed by atoms with E-state index in [1.165, 1.54) is 21.5 Å². The van der Waals surface area contributed by atoms with Gasteiger partial charge in [-0.3, -0.25) is 0 Å². The summed E-state index contributed by atoms with van der Waals surface area (Å²) in [7, 11) is -1.78. The third kappa shape index (κ3) is 3.41. The van der Waals surface area contributed by atoms with Crippen molar-refractivity contribution in [2.45, 2.75) is 13.1 Å². The minimum Gasteiger partial charge on any atom is -0.455 e. The Kier molecular flexibility index (Phi) is 4.94. The fraction of sp³-hybridized carbons (Fsp3) is 0.0571. The van der Waals surface area contributed by atoms with Crippen LogP contribution in [0.3, 0.4) is 0 Å². The SMILES string of the molecule is C[Si]1(C)c2ccccc2-c2c1ccc1c2oc2ccc(-c3nc(-c4ccccc4)nc(-c4ccccc4)n3)cc21. The van der Waals surface area contributed by atoms with Crippen LogP contribution in [0, 0.1) is 0 Å². The van der Waals surface area contributed by atoms with Crippen LogP contribution in [0.4, 0.5) is 0 Å². The standard InChI is InChI=1S/C35H25N3OSi/c1-40(2)29-16-10-9-15-26(29)31-30(40)20-18-25-27-21-24(17-19-28(27)39-32(25)31)35-37-33(22-11-5-3-6-12-22)36-34(38-35)23-13-7-4-8-14-23/h3-21H,1-2H3. The molecule has 0 saturated carbocycles. The lowest BCUT2D eigenvalue weighted by Gasteiger charge is -2.18. The van der Waals surface area contributed by atoms with Crippen molar-refractivity contribution >= 4 is 40.4 Å². The molecule has 5 aromatic carbocycles. The zero-order chi connectivity index (χ0) is 26.8. The molecule has 5 heteroatoms. The van der Waals surface area contributed by atoms with E-state index in [1.807, 2.05) is 60.7 Å². The molecule has 0 amide bonds. The van der Waals surface area contributed by atoms with E-state index in [0.717, 1.165) is 38.6 Å². The maximum Gasteiger partial charge on any atom is 0.164 e. The van der Waals surface area contributed by atoms with E-state index in [4.69, 9.17) is 19.4 Å². The Balaban J connectivity index is 1.34. The van der Waals surface area contributed by atoms with Gasteiger partial charge in [0.2, 0.25) is 0 Å². The zero-order valence-electron chi connectivity index (χ0n) is 22.2. The van der Waals surface area contributed by atoms with Gasteiger partial charge in [0, 0.05) is 33.0 Å². The van der Waals surface area contributed by atoms with E-state index in [0.29, 0.717) is 17.5 Å². The first-order chi connectivity index (χ1) is 19.6. The van der Waals surface area contributed by atoms with Gasteiger partial charge in [-0.15, -0.1) is 0 Å². The molecular formula is C35H25N3OSi. The lowest BCUT2D eigenvalue weighted by molar-refractivity contribution is 0.670. The Bertz CT molecular complexity index is 2020. The second-order valence-corrected chi connectivity index (χ2v) is 15.2. The highest BCUT2D eigenvalue weighted by Crippen LogP contribution is 2.40. The summed E-state index contributed by atoms with van der Waals surface area (Å²) in [6, 6.07) is 39.8.